The monoisotopic (exact) mass is 374 g/mol. The quantitative estimate of drug-likeness (QED) is 0.686. The van der Waals surface area contributed by atoms with Crippen LogP contribution < -0.4 is 14.8 Å². The maximum atomic E-state index is 13.5. The Balaban J connectivity index is 1.58. The van der Waals surface area contributed by atoms with Gasteiger partial charge in [-0.15, -0.1) is 0 Å². The first-order chi connectivity index (χ1) is 13.1. The number of nitrogens with one attached hydrogen (secondary N) is 1. The molecule has 0 aliphatic carbocycles. The van der Waals surface area contributed by atoms with Crippen LogP contribution in [0.3, 0.4) is 0 Å². The van der Waals surface area contributed by atoms with Crippen LogP contribution in [0.4, 0.5) is 8.78 Å². The van der Waals surface area contributed by atoms with Crippen molar-refractivity contribution in [3.05, 3.63) is 77.5 Å². The smallest absolute Gasteiger partial charge is 0.273 e. The Labute approximate surface area is 153 Å². The van der Waals surface area contributed by atoms with Gasteiger partial charge in [0.2, 0.25) is 11.7 Å². The van der Waals surface area contributed by atoms with E-state index in [1.165, 1.54) is 12.1 Å². The Bertz CT molecular complexity index is 943. The lowest BCUT2D eigenvalue weighted by molar-refractivity contribution is 0.0945. The second kappa shape index (κ2) is 8.31. The van der Waals surface area contributed by atoms with Crippen LogP contribution in [0.2, 0.25) is 0 Å². The van der Waals surface area contributed by atoms with Crippen molar-refractivity contribution in [3.8, 4) is 11.5 Å². The summed E-state index contributed by atoms with van der Waals surface area (Å²) in [4.78, 5) is 16.2. The normalized spacial score (nSPS) is 10.5. The standard InChI is InChI=1S/C19H16F2N2O4/c1-25-15-7-3-2-5-12(15)9-22-19(24)14-10-27-17(23-14)11-26-16-8-4-6-13(20)18(16)21/h2-8,10H,9,11H2,1H3,(H,22,24). The maximum absolute atomic E-state index is 13.5. The molecule has 0 saturated heterocycles. The van der Waals surface area contributed by atoms with Crippen LogP contribution in [0.25, 0.3) is 0 Å². The number of halogens is 2. The molecule has 0 unspecified atom stereocenters. The van der Waals surface area contributed by atoms with Gasteiger partial charge in [-0.05, 0) is 18.2 Å². The summed E-state index contributed by atoms with van der Waals surface area (Å²) in [5.74, 6) is -2.12. The van der Waals surface area contributed by atoms with E-state index < -0.39 is 17.5 Å². The lowest BCUT2D eigenvalue weighted by Gasteiger charge is -2.08. The number of methoxy groups -OCH3 is 1. The molecule has 0 aliphatic rings. The van der Waals surface area contributed by atoms with Crippen LogP contribution >= 0.6 is 0 Å². The van der Waals surface area contributed by atoms with Gasteiger partial charge in [0.15, 0.2) is 23.9 Å². The van der Waals surface area contributed by atoms with Gasteiger partial charge in [0.25, 0.3) is 5.91 Å². The Morgan fingerprint density at radius 2 is 1.93 bits per heavy atom. The zero-order valence-electron chi connectivity index (χ0n) is 14.4. The lowest BCUT2D eigenvalue weighted by atomic mass is 10.2. The largest absolute Gasteiger partial charge is 0.496 e. The highest BCUT2D eigenvalue weighted by Crippen LogP contribution is 2.20. The molecule has 2 aromatic carbocycles. The number of rotatable bonds is 7. The summed E-state index contributed by atoms with van der Waals surface area (Å²) in [6.07, 6.45) is 1.16. The fourth-order valence-electron chi connectivity index (χ4n) is 2.33. The molecule has 0 radical (unpaired) electrons. The highest BCUT2D eigenvalue weighted by Gasteiger charge is 2.15. The molecular formula is C19H16F2N2O4. The van der Waals surface area contributed by atoms with E-state index in [2.05, 4.69) is 10.3 Å². The molecule has 1 heterocycles. The molecule has 3 rings (SSSR count). The third kappa shape index (κ3) is 4.41. The number of hydrogen-bond donors (Lipinski definition) is 1. The number of carbonyl (C=O) groups is 1. The van der Waals surface area contributed by atoms with Crippen molar-refractivity contribution in [1.82, 2.24) is 10.3 Å². The minimum absolute atomic E-state index is 0.0446. The number of oxazole rings is 1. The summed E-state index contributed by atoms with van der Waals surface area (Å²) >= 11 is 0. The van der Waals surface area contributed by atoms with Gasteiger partial charge < -0.3 is 19.2 Å². The second-order valence-electron chi connectivity index (χ2n) is 5.46. The van der Waals surface area contributed by atoms with Gasteiger partial charge in [0, 0.05) is 12.1 Å². The third-order valence-electron chi connectivity index (χ3n) is 3.68. The molecule has 0 bridgehead atoms. The second-order valence-corrected chi connectivity index (χ2v) is 5.46. The van der Waals surface area contributed by atoms with Crippen LogP contribution in [-0.2, 0) is 13.2 Å². The number of carbonyl (C=O) groups excluding carboxylic acids is 1. The van der Waals surface area contributed by atoms with Crippen molar-refractivity contribution < 1.29 is 27.5 Å². The fraction of sp³-hybridized carbons (Fsp3) is 0.158. The van der Waals surface area contributed by atoms with E-state index in [1.807, 2.05) is 18.2 Å². The molecule has 0 saturated carbocycles. The summed E-state index contributed by atoms with van der Waals surface area (Å²) in [5.41, 5.74) is 0.852. The predicted octanol–water partition coefficient (Wildman–Crippen LogP) is 3.47. The summed E-state index contributed by atoms with van der Waals surface area (Å²) in [7, 11) is 1.55. The van der Waals surface area contributed by atoms with Gasteiger partial charge in [0.05, 0.1) is 7.11 Å². The van der Waals surface area contributed by atoms with Crippen molar-refractivity contribution in [2.24, 2.45) is 0 Å². The lowest BCUT2D eigenvalue weighted by Crippen LogP contribution is -2.23. The van der Waals surface area contributed by atoms with Crippen LogP contribution in [0, 0.1) is 11.6 Å². The van der Waals surface area contributed by atoms with Gasteiger partial charge in [-0.25, -0.2) is 9.37 Å². The molecule has 0 fully saturated rings. The van der Waals surface area contributed by atoms with E-state index in [1.54, 1.807) is 13.2 Å². The average Bonchev–Trinajstić information content (AvgIpc) is 3.16. The molecule has 0 spiro atoms. The summed E-state index contributed by atoms with van der Waals surface area (Å²) in [6.45, 7) is -0.00376. The Kier molecular flexibility index (Phi) is 5.65. The van der Waals surface area contributed by atoms with Crippen molar-refractivity contribution >= 4 is 5.91 Å². The van der Waals surface area contributed by atoms with Crippen molar-refractivity contribution in [1.29, 1.82) is 0 Å². The molecule has 8 heteroatoms. The van der Waals surface area contributed by atoms with Crippen molar-refractivity contribution in [3.63, 3.8) is 0 Å². The molecule has 1 aromatic heterocycles. The van der Waals surface area contributed by atoms with Crippen LogP contribution in [-0.4, -0.2) is 18.0 Å². The highest BCUT2D eigenvalue weighted by molar-refractivity contribution is 5.91. The minimum Gasteiger partial charge on any atom is -0.496 e. The zero-order chi connectivity index (χ0) is 19.2. The Hall–Kier alpha value is -3.42. The van der Waals surface area contributed by atoms with Crippen LogP contribution in [0.5, 0.6) is 11.5 Å². The molecule has 27 heavy (non-hydrogen) atoms. The first kappa shape index (κ1) is 18.4. The first-order valence-electron chi connectivity index (χ1n) is 8.00. The number of nitrogens with zero attached hydrogens (tertiary/aromatic N) is 1. The molecule has 3 aromatic rings. The molecule has 0 atom stereocenters. The number of ether oxygens (including phenoxy) is 2. The van der Waals surface area contributed by atoms with Crippen molar-refractivity contribution in [2.45, 2.75) is 13.2 Å². The Morgan fingerprint density at radius 1 is 1.15 bits per heavy atom. The average molecular weight is 374 g/mol. The summed E-state index contributed by atoms with van der Waals surface area (Å²) in [6, 6.07) is 10.9. The zero-order valence-corrected chi connectivity index (χ0v) is 14.4. The molecule has 1 N–H and O–H groups in total. The van der Waals surface area contributed by atoms with Gasteiger partial charge in [-0.2, -0.15) is 4.39 Å². The van der Waals surface area contributed by atoms with E-state index in [4.69, 9.17) is 13.9 Å². The van der Waals surface area contributed by atoms with Gasteiger partial charge in [0.1, 0.15) is 12.0 Å². The van der Waals surface area contributed by atoms with Crippen LogP contribution in [0.15, 0.2) is 53.1 Å². The van der Waals surface area contributed by atoms with E-state index in [0.29, 0.717) is 5.75 Å². The van der Waals surface area contributed by atoms with Gasteiger partial charge >= 0.3 is 0 Å². The van der Waals surface area contributed by atoms with E-state index >= 15 is 0 Å². The van der Waals surface area contributed by atoms with Crippen molar-refractivity contribution in [2.75, 3.05) is 7.11 Å². The molecule has 1 amide bonds. The maximum Gasteiger partial charge on any atom is 0.273 e. The Morgan fingerprint density at radius 3 is 2.74 bits per heavy atom. The number of para-hydroxylation sites is 1. The van der Waals surface area contributed by atoms with E-state index in [-0.39, 0.29) is 30.5 Å². The molecule has 140 valence electrons. The minimum atomic E-state index is -1.10. The summed E-state index contributed by atoms with van der Waals surface area (Å²) in [5, 5.41) is 2.70. The third-order valence-corrected chi connectivity index (χ3v) is 3.68. The van der Waals surface area contributed by atoms with Gasteiger partial charge in [-0.1, -0.05) is 24.3 Å². The first-order valence-corrected chi connectivity index (χ1v) is 8.00. The fourth-order valence-corrected chi connectivity index (χ4v) is 2.33. The van der Waals surface area contributed by atoms with Crippen LogP contribution in [0.1, 0.15) is 21.9 Å². The molecule has 6 nitrogen and oxygen atoms in total. The molecular weight excluding hydrogens is 358 g/mol. The number of hydrogen-bond acceptors (Lipinski definition) is 5. The topological polar surface area (TPSA) is 73.6 Å². The highest BCUT2D eigenvalue weighted by atomic mass is 19.2. The number of aromatic nitrogens is 1. The van der Waals surface area contributed by atoms with Gasteiger partial charge in [-0.3, -0.25) is 4.79 Å². The summed E-state index contributed by atoms with van der Waals surface area (Å²) < 4.78 is 42.2. The number of benzene rings is 2. The van der Waals surface area contributed by atoms with E-state index in [0.717, 1.165) is 17.9 Å². The number of amides is 1. The SMILES string of the molecule is COc1ccccc1CNC(=O)c1coc(COc2cccc(F)c2F)n1. The predicted molar refractivity (Wildman–Crippen MR) is 91.4 cm³/mol. The molecule has 0 aliphatic heterocycles. The van der Waals surface area contributed by atoms with E-state index in [9.17, 15) is 13.6 Å².